The summed E-state index contributed by atoms with van der Waals surface area (Å²) in [4.78, 5) is 41.3. The molecule has 0 radical (unpaired) electrons. The standard InChI is InChI=1S/C24H34N4O4/c1-32-19-9-7-17(8-10-19)11-14-28-23(30)20(26-24(28)31)15-22(29)25-16-18-5-4-13-27-12-3-2-6-21(18)27/h7-10,18,20-21H,2-6,11-16H2,1H3,(H,25,29)(H,26,31)/t18-,20-,21?/m0/s1. The van der Waals surface area contributed by atoms with Crippen LogP contribution in [0.25, 0.3) is 0 Å². The number of urea groups is 1. The van der Waals surface area contributed by atoms with Crippen LogP contribution in [0.1, 0.15) is 44.1 Å². The number of piperidine rings is 2. The topological polar surface area (TPSA) is 91.0 Å². The van der Waals surface area contributed by atoms with Gasteiger partial charge in [-0.05, 0) is 68.8 Å². The van der Waals surface area contributed by atoms with Crippen LogP contribution in [0.5, 0.6) is 5.75 Å². The van der Waals surface area contributed by atoms with Crippen molar-refractivity contribution in [3.05, 3.63) is 29.8 Å². The van der Waals surface area contributed by atoms with Gasteiger partial charge >= 0.3 is 6.03 Å². The van der Waals surface area contributed by atoms with Gasteiger partial charge in [0.15, 0.2) is 0 Å². The quantitative estimate of drug-likeness (QED) is 0.601. The molecule has 3 aliphatic heterocycles. The molecule has 1 unspecified atom stereocenters. The molecule has 32 heavy (non-hydrogen) atoms. The third-order valence-electron chi connectivity index (χ3n) is 7.07. The Morgan fingerprint density at radius 1 is 1.12 bits per heavy atom. The van der Waals surface area contributed by atoms with E-state index in [-0.39, 0.29) is 24.8 Å². The predicted molar refractivity (Wildman–Crippen MR) is 120 cm³/mol. The first-order valence-electron chi connectivity index (χ1n) is 11.8. The van der Waals surface area contributed by atoms with Crippen molar-refractivity contribution < 1.29 is 19.1 Å². The van der Waals surface area contributed by atoms with Crippen molar-refractivity contribution in [1.82, 2.24) is 20.4 Å². The minimum atomic E-state index is -0.782. The first-order chi connectivity index (χ1) is 15.5. The van der Waals surface area contributed by atoms with Crippen molar-refractivity contribution in [1.29, 1.82) is 0 Å². The molecule has 2 N–H and O–H groups in total. The van der Waals surface area contributed by atoms with Gasteiger partial charge in [-0.2, -0.15) is 0 Å². The smallest absolute Gasteiger partial charge is 0.324 e. The van der Waals surface area contributed by atoms with Crippen molar-refractivity contribution >= 4 is 17.8 Å². The van der Waals surface area contributed by atoms with E-state index in [4.69, 9.17) is 4.74 Å². The lowest BCUT2D eigenvalue weighted by atomic mass is 9.83. The molecule has 3 saturated heterocycles. The number of nitrogens with zero attached hydrogens (tertiary/aromatic N) is 2. The number of ether oxygens (including phenoxy) is 1. The summed E-state index contributed by atoms with van der Waals surface area (Å²) in [5, 5.41) is 5.70. The van der Waals surface area contributed by atoms with Crippen LogP contribution >= 0.6 is 0 Å². The van der Waals surface area contributed by atoms with Crippen molar-refractivity contribution in [2.75, 3.05) is 33.3 Å². The van der Waals surface area contributed by atoms with E-state index in [9.17, 15) is 14.4 Å². The summed E-state index contributed by atoms with van der Waals surface area (Å²) in [6, 6.07) is 6.91. The average Bonchev–Trinajstić information content (AvgIpc) is 3.08. The highest BCUT2D eigenvalue weighted by Crippen LogP contribution is 2.30. The van der Waals surface area contributed by atoms with Crippen LogP contribution in [0, 0.1) is 5.92 Å². The predicted octanol–water partition coefficient (Wildman–Crippen LogP) is 1.93. The van der Waals surface area contributed by atoms with Gasteiger partial charge < -0.3 is 20.3 Å². The van der Waals surface area contributed by atoms with Gasteiger partial charge in [0.05, 0.1) is 13.5 Å². The van der Waals surface area contributed by atoms with Crippen LogP contribution in [-0.4, -0.2) is 73.0 Å². The largest absolute Gasteiger partial charge is 0.497 e. The van der Waals surface area contributed by atoms with E-state index < -0.39 is 12.1 Å². The summed E-state index contributed by atoms with van der Waals surface area (Å²) in [5.74, 6) is 0.741. The molecule has 4 rings (SSSR count). The van der Waals surface area contributed by atoms with Crippen LogP contribution in [0.4, 0.5) is 4.79 Å². The highest BCUT2D eigenvalue weighted by Gasteiger charge is 2.39. The number of nitrogens with one attached hydrogen (secondary N) is 2. The van der Waals surface area contributed by atoms with Gasteiger partial charge in [-0.1, -0.05) is 18.6 Å². The molecular weight excluding hydrogens is 408 g/mol. The van der Waals surface area contributed by atoms with E-state index in [2.05, 4.69) is 15.5 Å². The molecule has 1 aromatic carbocycles. The lowest BCUT2D eigenvalue weighted by Gasteiger charge is -2.44. The molecule has 0 saturated carbocycles. The van der Waals surface area contributed by atoms with Crippen LogP contribution in [0.15, 0.2) is 24.3 Å². The molecular formula is C24H34N4O4. The molecule has 0 bridgehead atoms. The summed E-state index contributed by atoms with van der Waals surface area (Å²) in [7, 11) is 1.61. The first-order valence-corrected chi connectivity index (χ1v) is 11.8. The maximum Gasteiger partial charge on any atom is 0.324 e. The minimum Gasteiger partial charge on any atom is -0.497 e. The van der Waals surface area contributed by atoms with E-state index >= 15 is 0 Å². The van der Waals surface area contributed by atoms with Gasteiger partial charge in [-0.25, -0.2) is 4.79 Å². The lowest BCUT2D eigenvalue weighted by Crippen LogP contribution is -2.51. The molecule has 8 heteroatoms. The third kappa shape index (κ3) is 5.23. The molecule has 174 valence electrons. The van der Waals surface area contributed by atoms with Gasteiger partial charge in [-0.15, -0.1) is 0 Å². The summed E-state index contributed by atoms with van der Waals surface area (Å²) < 4.78 is 5.15. The van der Waals surface area contributed by atoms with Gasteiger partial charge in [0.2, 0.25) is 5.91 Å². The Hall–Kier alpha value is -2.61. The average molecular weight is 443 g/mol. The van der Waals surface area contributed by atoms with Crippen molar-refractivity contribution in [2.45, 2.75) is 57.0 Å². The maximum atomic E-state index is 12.7. The number of imide groups is 1. The van der Waals surface area contributed by atoms with Crippen molar-refractivity contribution in [2.24, 2.45) is 5.92 Å². The number of carbonyl (C=O) groups is 3. The Bertz CT molecular complexity index is 826. The second-order valence-electron chi connectivity index (χ2n) is 9.10. The molecule has 8 nitrogen and oxygen atoms in total. The zero-order chi connectivity index (χ0) is 22.5. The number of carbonyl (C=O) groups excluding carboxylic acids is 3. The molecule has 3 heterocycles. The Kier molecular flexibility index (Phi) is 7.29. The molecule has 3 aliphatic rings. The van der Waals surface area contributed by atoms with E-state index in [0.717, 1.165) is 17.7 Å². The third-order valence-corrected chi connectivity index (χ3v) is 7.07. The first kappa shape index (κ1) is 22.6. The molecule has 0 aliphatic carbocycles. The van der Waals surface area contributed by atoms with E-state index in [1.165, 1.54) is 43.7 Å². The number of fused-ring (bicyclic) bond motifs is 1. The summed E-state index contributed by atoms with van der Waals surface area (Å²) in [6.45, 7) is 3.28. The molecule has 3 fully saturated rings. The minimum absolute atomic E-state index is 0.00922. The lowest BCUT2D eigenvalue weighted by molar-refractivity contribution is -0.131. The van der Waals surface area contributed by atoms with Crippen LogP contribution in [0.3, 0.4) is 0 Å². The Morgan fingerprint density at radius 3 is 2.69 bits per heavy atom. The number of rotatable bonds is 8. The number of benzene rings is 1. The van der Waals surface area contributed by atoms with E-state index in [1.54, 1.807) is 7.11 Å². The Balaban J connectivity index is 1.23. The Morgan fingerprint density at radius 2 is 1.91 bits per heavy atom. The van der Waals surface area contributed by atoms with Crippen LogP contribution < -0.4 is 15.4 Å². The monoisotopic (exact) mass is 442 g/mol. The van der Waals surface area contributed by atoms with Crippen LogP contribution in [-0.2, 0) is 16.0 Å². The number of hydrogen-bond acceptors (Lipinski definition) is 5. The second kappa shape index (κ2) is 10.3. The normalized spacial score (nSPS) is 25.9. The second-order valence-corrected chi connectivity index (χ2v) is 9.10. The number of hydrogen-bond donors (Lipinski definition) is 2. The molecule has 0 spiro atoms. The maximum absolute atomic E-state index is 12.7. The SMILES string of the molecule is COc1ccc(CCN2C(=O)N[C@@H](CC(=O)NC[C@@H]3CCCN4CCCCC34)C2=O)cc1. The van der Waals surface area contributed by atoms with Crippen molar-refractivity contribution in [3.63, 3.8) is 0 Å². The highest BCUT2D eigenvalue weighted by molar-refractivity contribution is 6.05. The fourth-order valence-electron chi connectivity index (χ4n) is 5.28. The number of amides is 4. The highest BCUT2D eigenvalue weighted by atomic mass is 16.5. The zero-order valence-corrected chi connectivity index (χ0v) is 18.8. The molecule has 4 amide bonds. The molecule has 3 atom stereocenters. The van der Waals surface area contributed by atoms with E-state index in [1.807, 2.05) is 24.3 Å². The van der Waals surface area contributed by atoms with Crippen molar-refractivity contribution in [3.8, 4) is 5.75 Å². The number of methoxy groups -OCH3 is 1. The van der Waals surface area contributed by atoms with Crippen LogP contribution in [0.2, 0.25) is 0 Å². The van der Waals surface area contributed by atoms with Gasteiger partial charge in [-0.3, -0.25) is 14.5 Å². The zero-order valence-electron chi connectivity index (χ0n) is 18.8. The fraction of sp³-hybridized carbons (Fsp3) is 0.625. The molecule has 1 aromatic rings. The summed E-state index contributed by atoms with van der Waals surface area (Å²) in [6.07, 6.45) is 6.61. The van der Waals surface area contributed by atoms with Gasteiger partial charge in [0.1, 0.15) is 11.8 Å². The summed E-state index contributed by atoms with van der Waals surface area (Å²) >= 11 is 0. The van der Waals surface area contributed by atoms with Gasteiger partial charge in [0, 0.05) is 19.1 Å². The Labute approximate surface area is 189 Å². The van der Waals surface area contributed by atoms with E-state index in [0.29, 0.717) is 24.9 Å². The summed E-state index contributed by atoms with van der Waals surface area (Å²) in [5.41, 5.74) is 1.01. The fourth-order valence-corrected chi connectivity index (χ4v) is 5.28. The van der Waals surface area contributed by atoms with Gasteiger partial charge in [0.25, 0.3) is 5.91 Å². The molecule has 0 aromatic heterocycles.